The first-order chi connectivity index (χ1) is 9.25. The van der Waals surface area contributed by atoms with Gasteiger partial charge in [-0.15, -0.1) is 0 Å². The maximum atomic E-state index is 4.46. The van der Waals surface area contributed by atoms with Crippen LogP contribution < -0.4 is 0 Å². The molecule has 3 heterocycles. The van der Waals surface area contributed by atoms with Crippen molar-refractivity contribution in [2.24, 2.45) is 7.05 Å². The Kier molecular flexibility index (Phi) is 3.15. The molecule has 0 aliphatic carbocycles. The molecule has 100 valence electrons. The molecule has 3 rings (SSSR count). The highest BCUT2D eigenvalue weighted by atomic mass is 15.1. The van der Waals surface area contributed by atoms with Crippen LogP contribution in [0.1, 0.15) is 30.7 Å². The first-order valence-electron chi connectivity index (χ1n) is 6.82. The Bertz CT molecular complexity index is 577. The molecule has 0 radical (unpaired) electrons. The number of imidazole rings is 1. The molecule has 1 N–H and O–H groups in total. The van der Waals surface area contributed by atoms with E-state index in [9.17, 15) is 0 Å². The molecule has 2 aromatic rings. The zero-order chi connectivity index (χ0) is 13.2. The minimum atomic E-state index is 0.968. The van der Waals surface area contributed by atoms with Crippen LogP contribution in [0.4, 0.5) is 0 Å². The third kappa shape index (κ3) is 2.30. The van der Waals surface area contributed by atoms with Crippen molar-refractivity contribution >= 4 is 5.57 Å². The van der Waals surface area contributed by atoms with Crippen LogP contribution >= 0.6 is 0 Å². The second kappa shape index (κ2) is 4.96. The van der Waals surface area contributed by atoms with E-state index in [1.807, 2.05) is 12.4 Å². The molecule has 1 aliphatic heterocycles. The number of nitrogens with zero attached hydrogens (tertiary/aromatic N) is 3. The van der Waals surface area contributed by atoms with Crippen molar-refractivity contribution in [2.75, 3.05) is 13.6 Å². The van der Waals surface area contributed by atoms with Gasteiger partial charge in [0.05, 0.1) is 0 Å². The van der Waals surface area contributed by atoms with Crippen LogP contribution in [0.25, 0.3) is 5.57 Å². The summed E-state index contributed by atoms with van der Waals surface area (Å²) in [5.41, 5.74) is 3.88. The SMILES string of the molecule is CN1CCCCC1=C(c1ccn(C)c1)c1ncc[nH]1. The molecule has 0 amide bonds. The van der Waals surface area contributed by atoms with E-state index in [1.54, 1.807) is 0 Å². The van der Waals surface area contributed by atoms with E-state index in [0.717, 1.165) is 18.8 Å². The Balaban J connectivity index is 2.13. The van der Waals surface area contributed by atoms with Gasteiger partial charge in [0.1, 0.15) is 5.82 Å². The van der Waals surface area contributed by atoms with Crippen molar-refractivity contribution in [3.05, 3.63) is 47.9 Å². The third-order valence-electron chi connectivity index (χ3n) is 3.76. The highest BCUT2D eigenvalue weighted by molar-refractivity contribution is 5.78. The Hall–Kier alpha value is -1.97. The second-order valence-electron chi connectivity index (χ2n) is 5.20. The number of aromatic nitrogens is 3. The average Bonchev–Trinajstić information content (AvgIpc) is 3.05. The maximum Gasteiger partial charge on any atom is 0.139 e. The van der Waals surface area contributed by atoms with E-state index in [-0.39, 0.29) is 0 Å². The van der Waals surface area contributed by atoms with Gasteiger partial charge in [0, 0.05) is 62.3 Å². The van der Waals surface area contributed by atoms with Gasteiger partial charge in [-0.1, -0.05) is 0 Å². The predicted molar refractivity (Wildman–Crippen MR) is 76.5 cm³/mol. The lowest BCUT2D eigenvalue weighted by atomic mass is 9.98. The van der Waals surface area contributed by atoms with E-state index < -0.39 is 0 Å². The first kappa shape index (κ1) is 12.1. The highest BCUT2D eigenvalue weighted by Crippen LogP contribution is 2.31. The van der Waals surface area contributed by atoms with Gasteiger partial charge in [-0.05, 0) is 25.3 Å². The molecular formula is C15H20N4. The number of H-pyrrole nitrogens is 1. The Labute approximate surface area is 113 Å². The number of nitrogens with one attached hydrogen (secondary N) is 1. The number of aryl methyl sites for hydroxylation is 1. The van der Waals surface area contributed by atoms with Crippen LogP contribution in [0, 0.1) is 0 Å². The van der Waals surface area contributed by atoms with Crippen LogP contribution in [-0.2, 0) is 7.05 Å². The van der Waals surface area contributed by atoms with Gasteiger partial charge in [0.25, 0.3) is 0 Å². The molecule has 0 atom stereocenters. The molecule has 2 aromatic heterocycles. The minimum Gasteiger partial charge on any atom is -0.377 e. The Morgan fingerprint density at radius 1 is 1.32 bits per heavy atom. The number of rotatable bonds is 2. The summed E-state index contributed by atoms with van der Waals surface area (Å²) in [5, 5.41) is 0. The number of aromatic amines is 1. The van der Waals surface area contributed by atoms with E-state index >= 15 is 0 Å². The van der Waals surface area contributed by atoms with E-state index in [2.05, 4.69) is 52.0 Å². The summed E-state index contributed by atoms with van der Waals surface area (Å²) in [6.45, 7) is 1.13. The van der Waals surface area contributed by atoms with Gasteiger partial charge in [-0.2, -0.15) is 0 Å². The predicted octanol–water partition coefficient (Wildman–Crippen LogP) is 2.62. The Morgan fingerprint density at radius 3 is 2.84 bits per heavy atom. The number of hydrogen-bond donors (Lipinski definition) is 1. The van der Waals surface area contributed by atoms with Crippen molar-refractivity contribution in [3.8, 4) is 0 Å². The summed E-state index contributed by atoms with van der Waals surface area (Å²) >= 11 is 0. The molecule has 0 saturated carbocycles. The van der Waals surface area contributed by atoms with E-state index in [1.165, 1.54) is 29.7 Å². The molecule has 0 unspecified atom stereocenters. The van der Waals surface area contributed by atoms with E-state index in [0.29, 0.717) is 0 Å². The molecule has 0 bridgehead atoms. The Morgan fingerprint density at radius 2 is 2.21 bits per heavy atom. The van der Waals surface area contributed by atoms with Crippen molar-refractivity contribution < 1.29 is 0 Å². The number of hydrogen-bond acceptors (Lipinski definition) is 2. The fourth-order valence-electron chi connectivity index (χ4n) is 2.78. The second-order valence-corrected chi connectivity index (χ2v) is 5.20. The zero-order valence-corrected chi connectivity index (χ0v) is 11.6. The average molecular weight is 256 g/mol. The van der Waals surface area contributed by atoms with Crippen molar-refractivity contribution in [1.82, 2.24) is 19.4 Å². The zero-order valence-electron chi connectivity index (χ0n) is 11.6. The van der Waals surface area contributed by atoms with Gasteiger partial charge in [0.15, 0.2) is 0 Å². The normalized spacial score (nSPS) is 18.7. The smallest absolute Gasteiger partial charge is 0.139 e. The summed E-state index contributed by atoms with van der Waals surface area (Å²) in [5.74, 6) is 0.968. The topological polar surface area (TPSA) is 36.9 Å². The summed E-state index contributed by atoms with van der Waals surface area (Å²) in [4.78, 5) is 10.1. The van der Waals surface area contributed by atoms with Crippen molar-refractivity contribution in [1.29, 1.82) is 0 Å². The molecule has 19 heavy (non-hydrogen) atoms. The number of allylic oxidation sites excluding steroid dienone is 1. The van der Waals surface area contributed by atoms with Crippen molar-refractivity contribution in [2.45, 2.75) is 19.3 Å². The van der Waals surface area contributed by atoms with Gasteiger partial charge >= 0.3 is 0 Å². The number of piperidine rings is 1. The summed E-state index contributed by atoms with van der Waals surface area (Å²) < 4.78 is 2.08. The summed E-state index contributed by atoms with van der Waals surface area (Å²) in [7, 11) is 4.24. The van der Waals surface area contributed by atoms with E-state index in [4.69, 9.17) is 0 Å². The lowest BCUT2D eigenvalue weighted by Gasteiger charge is -2.29. The van der Waals surface area contributed by atoms with Gasteiger partial charge in [0.2, 0.25) is 0 Å². The summed E-state index contributed by atoms with van der Waals surface area (Å²) in [6.07, 6.45) is 11.6. The monoisotopic (exact) mass is 256 g/mol. The molecule has 1 saturated heterocycles. The van der Waals surface area contributed by atoms with Crippen molar-refractivity contribution in [3.63, 3.8) is 0 Å². The molecule has 0 spiro atoms. The molecule has 0 aromatic carbocycles. The van der Waals surface area contributed by atoms with Gasteiger partial charge < -0.3 is 14.5 Å². The largest absolute Gasteiger partial charge is 0.377 e. The fraction of sp³-hybridized carbons (Fsp3) is 0.400. The molecular weight excluding hydrogens is 236 g/mol. The highest BCUT2D eigenvalue weighted by Gasteiger charge is 2.20. The third-order valence-corrected chi connectivity index (χ3v) is 3.76. The molecule has 4 heteroatoms. The lowest BCUT2D eigenvalue weighted by Crippen LogP contribution is -2.25. The number of likely N-dealkylation sites (tertiary alicyclic amines) is 1. The van der Waals surface area contributed by atoms with Gasteiger partial charge in [-0.3, -0.25) is 0 Å². The quantitative estimate of drug-likeness (QED) is 0.896. The fourth-order valence-corrected chi connectivity index (χ4v) is 2.78. The molecule has 1 aliphatic rings. The van der Waals surface area contributed by atoms with Crippen LogP contribution in [0.15, 0.2) is 36.6 Å². The first-order valence-corrected chi connectivity index (χ1v) is 6.82. The van der Waals surface area contributed by atoms with Gasteiger partial charge in [-0.25, -0.2) is 4.98 Å². The minimum absolute atomic E-state index is 0.968. The molecule has 1 fully saturated rings. The van der Waals surface area contributed by atoms with Crippen LogP contribution in [-0.4, -0.2) is 33.0 Å². The van der Waals surface area contributed by atoms with Crippen LogP contribution in [0.3, 0.4) is 0 Å². The van der Waals surface area contributed by atoms with Crippen LogP contribution in [0.2, 0.25) is 0 Å². The summed E-state index contributed by atoms with van der Waals surface area (Å²) in [6, 6.07) is 2.16. The van der Waals surface area contributed by atoms with Crippen LogP contribution in [0.5, 0.6) is 0 Å². The maximum absolute atomic E-state index is 4.46. The standard InChI is InChI=1S/C15H20N4/c1-18-10-6-12(11-18)14(15-16-7-8-17-15)13-5-3-4-9-19(13)2/h6-8,10-11H,3-5,9H2,1-2H3,(H,16,17). The molecule has 4 nitrogen and oxygen atoms in total. The lowest BCUT2D eigenvalue weighted by molar-refractivity contribution is 0.347.